The van der Waals surface area contributed by atoms with Gasteiger partial charge in [0.25, 0.3) is 0 Å². The first-order valence-electron chi connectivity index (χ1n) is 26.6. The van der Waals surface area contributed by atoms with Crippen LogP contribution in [-0.4, -0.2) is 6.17 Å². The van der Waals surface area contributed by atoms with Gasteiger partial charge in [-0.1, -0.05) is 79.2 Å². The summed E-state index contributed by atoms with van der Waals surface area (Å²) < 4.78 is 15.1. The molecule has 13 aliphatic rings. The van der Waals surface area contributed by atoms with Crippen molar-refractivity contribution in [2.75, 3.05) is 0 Å². The van der Waals surface area contributed by atoms with E-state index in [0.717, 1.165) is 167 Å². The number of halogens is 1. The van der Waals surface area contributed by atoms with E-state index >= 15 is 4.39 Å². The maximum atomic E-state index is 15.1. The van der Waals surface area contributed by atoms with Gasteiger partial charge in [0.05, 0.1) is 0 Å². The summed E-state index contributed by atoms with van der Waals surface area (Å²) in [5.41, 5.74) is 3.54. The van der Waals surface area contributed by atoms with E-state index in [0.29, 0.717) is 0 Å². The SMILES string of the molecule is FC1CCC2C(C1)C1CCC3C4CCC5C6C(CCC(C7CCC2C1C73)C46)C1C(c2ccccc2)C2CC3C4CCC=CC4C4CCCC(C43)C2C(c2ccccc2)C51. The second-order valence-electron chi connectivity index (χ2n) is 24.9. The third-order valence-electron chi connectivity index (χ3n) is 24.4. The van der Waals surface area contributed by atoms with Crippen molar-refractivity contribution >= 4 is 0 Å². The Morgan fingerprint density at radius 2 is 0.847 bits per heavy atom. The summed E-state index contributed by atoms with van der Waals surface area (Å²) in [5.74, 6) is 24.0. The second kappa shape index (κ2) is 13.1. The van der Waals surface area contributed by atoms with Crippen molar-refractivity contribution < 1.29 is 4.39 Å². The minimum atomic E-state index is -0.499. The van der Waals surface area contributed by atoms with Crippen molar-refractivity contribution in [2.24, 2.45) is 142 Å². The van der Waals surface area contributed by atoms with Gasteiger partial charge in [-0.3, -0.25) is 0 Å². The average Bonchev–Trinajstić information content (AvgIpc) is 3.92. The van der Waals surface area contributed by atoms with Gasteiger partial charge >= 0.3 is 0 Å². The standard InChI is InChI=1S/C58H73F/c59-32-18-19-35-37-20-21-38-40-24-26-44-55-45(27-25-41(54(40)55)39-22-23-42(46(35)28-32)52(37)53(38)39)58-50(31-12-5-2-6-13-31)56-43-17-9-16-36-33-14-7-8-15-34(33)47(51(36)43)29-48(56)49(57(44)58)30-10-3-1-4-11-30/h1-7,10-14,32-58H,8-9,15-29H2. The summed E-state index contributed by atoms with van der Waals surface area (Å²) in [5, 5.41) is 0. The highest BCUT2D eigenvalue weighted by molar-refractivity contribution is 5.34. The van der Waals surface area contributed by atoms with Crippen LogP contribution < -0.4 is 0 Å². The molecule has 0 radical (unpaired) electrons. The molecule has 0 N–H and O–H groups in total. The summed E-state index contributed by atoms with van der Waals surface area (Å²) in [6, 6.07) is 25.1. The van der Waals surface area contributed by atoms with Crippen molar-refractivity contribution in [1.82, 2.24) is 0 Å². The fourth-order valence-electron chi connectivity index (χ4n) is 24.1. The largest absolute Gasteiger partial charge is 0.247 e. The van der Waals surface area contributed by atoms with Gasteiger partial charge in [0.2, 0.25) is 0 Å². The van der Waals surface area contributed by atoms with Gasteiger partial charge in [-0.05, 0) is 268 Å². The second-order valence-corrected chi connectivity index (χ2v) is 24.9. The van der Waals surface area contributed by atoms with Crippen LogP contribution in [0.25, 0.3) is 0 Å². The molecule has 13 aliphatic carbocycles. The van der Waals surface area contributed by atoms with Crippen molar-refractivity contribution in [1.29, 1.82) is 0 Å². The van der Waals surface area contributed by atoms with Crippen LogP contribution in [0.15, 0.2) is 72.8 Å². The molecule has 2 aromatic rings. The van der Waals surface area contributed by atoms with Crippen LogP contribution in [0.5, 0.6) is 0 Å². The third-order valence-corrected chi connectivity index (χ3v) is 24.4. The molecular weight excluding hydrogens is 716 g/mol. The first-order valence-corrected chi connectivity index (χ1v) is 26.6. The predicted molar refractivity (Wildman–Crippen MR) is 235 cm³/mol. The molecule has 12 fully saturated rings. The number of fused-ring (bicyclic) bond motifs is 13. The van der Waals surface area contributed by atoms with Gasteiger partial charge in [-0.25, -0.2) is 4.39 Å². The molecule has 0 saturated heterocycles. The highest BCUT2D eigenvalue weighted by Crippen LogP contribution is 2.79. The molecular formula is C58H73F. The number of hydrogen-bond acceptors (Lipinski definition) is 0. The molecule has 0 spiro atoms. The zero-order chi connectivity index (χ0) is 38.2. The maximum absolute atomic E-state index is 15.1. The van der Waals surface area contributed by atoms with Gasteiger partial charge in [0, 0.05) is 0 Å². The number of alkyl halides is 1. The van der Waals surface area contributed by atoms with Crippen LogP contribution in [-0.2, 0) is 0 Å². The first kappa shape index (κ1) is 35.6. The Bertz CT molecular complexity index is 1940. The molecule has 0 amide bonds. The Kier molecular flexibility index (Phi) is 7.89. The Balaban J connectivity index is 0.855. The van der Waals surface area contributed by atoms with Crippen LogP contribution in [0.2, 0.25) is 0 Å². The highest BCUT2D eigenvalue weighted by Gasteiger charge is 2.73. The van der Waals surface area contributed by atoms with Gasteiger partial charge in [-0.15, -0.1) is 0 Å². The monoisotopic (exact) mass is 789 g/mol. The zero-order valence-electron chi connectivity index (χ0n) is 35.9. The Morgan fingerprint density at radius 1 is 0.339 bits per heavy atom. The van der Waals surface area contributed by atoms with Crippen LogP contribution >= 0.6 is 0 Å². The van der Waals surface area contributed by atoms with E-state index in [1.807, 2.05) is 0 Å². The molecule has 27 unspecified atom stereocenters. The van der Waals surface area contributed by atoms with E-state index in [9.17, 15) is 0 Å². The number of allylic oxidation sites excluding steroid dienone is 2. The van der Waals surface area contributed by atoms with Crippen LogP contribution in [0.3, 0.4) is 0 Å². The Hall–Kier alpha value is -1.89. The van der Waals surface area contributed by atoms with E-state index < -0.39 is 6.17 Å². The molecule has 59 heavy (non-hydrogen) atoms. The quantitative estimate of drug-likeness (QED) is 0.266. The third kappa shape index (κ3) is 4.64. The van der Waals surface area contributed by atoms with Crippen molar-refractivity contribution in [3.63, 3.8) is 0 Å². The smallest absolute Gasteiger partial charge is 0.100 e. The lowest BCUT2D eigenvalue weighted by molar-refractivity contribution is -0.171. The van der Waals surface area contributed by atoms with E-state index in [1.165, 1.54) is 57.8 Å². The molecule has 2 aromatic carbocycles. The number of rotatable bonds is 2. The lowest BCUT2D eigenvalue weighted by atomic mass is 9.40. The van der Waals surface area contributed by atoms with Crippen LogP contribution in [0.4, 0.5) is 4.39 Å². The van der Waals surface area contributed by atoms with Gasteiger partial charge in [-0.2, -0.15) is 0 Å². The van der Waals surface area contributed by atoms with Gasteiger partial charge in [0.1, 0.15) is 6.17 Å². The molecule has 0 aromatic heterocycles. The van der Waals surface area contributed by atoms with E-state index in [4.69, 9.17) is 0 Å². The maximum Gasteiger partial charge on any atom is 0.100 e. The first-order chi connectivity index (χ1) is 29.2. The van der Waals surface area contributed by atoms with Crippen LogP contribution in [0.1, 0.15) is 132 Å². The van der Waals surface area contributed by atoms with E-state index in [2.05, 4.69) is 72.8 Å². The number of benzene rings is 2. The Morgan fingerprint density at radius 3 is 1.51 bits per heavy atom. The molecule has 0 bridgehead atoms. The van der Waals surface area contributed by atoms with Crippen LogP contribution in [0, 0.1) is 142 Å². The van der Waals surface area contributed by atoms with Crippen molar-refractivity contribution in [3.05, 3.63) is 83.9 Å². The number of hydrogen-bond donors (Lipinski definition) is 0. The molecule has 312 valence electrons. The fraction of sp³-hybridized carbons (Fsp3) is 0.759. The highest BCUT2D eigenvalue weighted by atomic mass is 19.1. The summed E-state index contributed by atoms with van der Waals surface area (Å²) in [6.07, 6.45) is 29.1. The molecule has 15 rings (SSSR count). The summed E-state index contributed by atoms with van der Waals surface area (Å²) in [4.78, 5) is 0. The lowest BCUT2D eigenvalue weighted by Gasteiger charge is -2.65. The fourth-order valence-corrected chi connectivity index (χ4v) is 24.1. The zero-order valence-corrected chi connectivity index (χ0v) is 35.9. The topological polar surface area (TPSA) is 0 Å². The van der Waals surface area contributed by atoms with Gasteiger partial charge in [0.15, 0.2) is 0 Å². The normalized spacial score (nSPS) is 58.9. The molecule has 0 aliphatic heterocycles. The summed E-state index contributed by atoms with van der Waals surface area (Å²) in [7, 11) is 0. The summed E-state index contributed by atoms with van der Waals surface area (Å²) in [6.45, 7) is 0. The molecule has 1 heteroatoms. The predicted octanol–water partition coefficient (Wildman–Crippen LogP) is 14.0. The van der Waals surface area contributed by atoms with Gasteiger partial charge < -0.3 is 0 Å². The Labute approximate surface area is 356 Å². The van der Waals surface area contributed by atoms with Crippen molar-refractivity contribution in [2.45, 2.75) is 127 Å². The minimum Gasteiger partial charge on any atom is -0.247 e. The molecule has 27 atom stereocenters. The lowest BCUT2D eigenvalue weighted by Crippen LogP contribution is -2.59. The molecule has 0 heterocycles. The summed E-state index contributed by atoms with van der Waals surface area (Å²) >= 11 is 0. The van der Waals surface area contributed by atoms with Crippen molar-refractivity contribution in [3.8, 4) is 0 Å². The van der Waals surface area contributed by atoms with E-state index in [1.54, 1.807) is 49.7 Å². The molecule has 12 saturated carbocycles. The molecule has 0 nitrogen and oxygen atoms in total. The average molecular weight is 789 g/mol. The van der Waals surface area contributed by atoms with E-state index in [-0.39, 0.29) is 0 Å². The minimum absolute atomic E-state index is 0.499.